The number of phenolic OH excluding ortho intramolecular Hbond substituents is 1. The Bertz CT molecular complexity index is 668. The molecule has 0 aliphatic carbocycles. The maximum atomic E-state index is 12.1. The highest BCUT2D eigenvalue weighted by Crippen LogP contribution is 2.24. The first-order chi connectivity index (χ1) is 9.52. The van der Waals surface area contributed by atoms with Crippen molar-refractivity contribution in [3.63, 3.8) is 0 Å². The zero-order valence-electron chi connectivity index (χ0n) is 10.5. The molecule has 5 N–H and O–H groups in total. The number of ether oxygens (including phenoxy) is 1. The van der Waals surface area contributed by atoms with Crippen LogP contribution in [0.5, 0.6) is 11.5 Å². The molecule has 1 aromatic carbocycles. The topological polar surface area (TPSA) is 113 Å². The van der Waals surface area contributed by atoms with Crippen molar-refractivity contribution in [2.45, 2.75) is 0 Å². The van der Waals surface area contributed by atoms with Crippen molar-refractivity contribution in [2.75, 3.05) is 12.4 Å². The number of nitrogens with one attached hydrogen (secondary N) is 2. The maximum Gasteiger partial charge on any atom is 0.260 e. The number of hydrogen-bond donors (Lipinski definition) is 4. The van der Waals surface area contributed by atoms with E-state index in [2.05, 4.69) is 15.5 Å². The van der Waals surface area contributed by atoms with Crippen LogP contribution in [0, 0.1) is 0 Å². The molecular formula is C12H12N4O3S. The lowest BCUT2D eigenvalue weighted by Crippen LogP contribution is -2.17. The number of amides is 1. The summed E-state index contributed by atoms with van der Waals surface area (Å²) in [4.78, 5) is 12.2. The highest BCUT2D eigenvalue weighted by Gasteiger charge is 2.15. The van der Waals surface area contributed by atoms with Gasteiger partial charge in [-0.05, 0) is 12.1 Å². The number of anilines is 1. The van der Waals surface area contributed by atoms with Gasteiger partial charge < -0.3 is 20.9 Å². The fraction of sp³-hybridized carbons (Fsp3) is 0.0833. The molecule has 20 heavy (non-hydrogen) atoms. The normalized spacial score (nSPS) is 10.1. The van der Waals surface area contributed by atoms with Crippen molar-refractivity contribution < 1.29 is 14.6 Å². The third kappa shape index (κ3) is 2.69. The largest absolute Gasteiger partial charge is 0.507 e. The van der Waals surface area contributed by atoms with Crippen molar-refractivity contribution >= 4 is 28.9 Å². The highest BCUT2D eigenvalue weighted by molar-refractivity contribution is 7.80. The molecule has 0 spiro atoms. The highest BCUT2D eigenvalue weighted by atomic mass is 32.1. The first kappa shape index (κ1) is 13.8. The van der Waals surface area contributed by atoms with E-state index in [0.29, 0.717) is 11.3 Å². The van der Waals surface area contributed by atoms with Crippen LogP contribution in [0.2, 0.25) is 0 Å². The van der Waals surface area contributed by atoms with Gasteiger partial charge in [0.2, 0.25) is 0 Å². The van der Waals surface area contributed by atoms with Crippen LogP contribution in [0.4, 0.5) is 5.82 Å². The van der Waals surface area contributed by atoms with Gasteiger partial charge in [-0.2, -0.15) is 5.10 Å². The molecule has 0 atom stereocenters. The zero-order valence-corrected chi connectivity index (χ0v) is 11.3. The van der Waals surface area contributed by atoms with Crippen LogP contribution in [0.1, 0.15) is 15.9 Å². The molecule has 0 aliphatic heterocycles. The summed E-state index contributed by atoms with van der Waals surface area (Å²) in [6.45, 7) is 0. The van der Waals surface area contributed by atoms with Crippen LogP contribution in [-0.4, -0.2) is 33.3 Å². The molecule has 2 rings (SSSR count). The number of methoxy groups -OCH3 is 1. The van der Waals surface area contributed by atoms with Gasteiger partial charge in [-0.1, -0.05) is 12.2 Å². The van der Waals surface area contributed by atoms with Gasteiger partial charge in [-0.25, -0.2) is 0 Å². The molecule has 0 unspecified atom stereocenters. The Labute approximate surface area is 119 Å². The second kappa shape index (κ2) is 5.57. The van der Waals surface area contributed by atoms with Gasteiger partial charge >= 0.3 is 0 Å². The quantitative estimate of drug-likeness (QED) is 0.625. The van der Waals surface area contributed by atoms with E-state index >= 15 is 0 Å². The Morgan fingerprint density at radius 2 is 2.25 bits per heavy atom. The number of thiocarbonyl (C=S) groups is 1. The average molecular weight is 292 g/mol. The number of carbonyl (C=O) groups excluding carboxylic acids is 1. The fourth-order valence-electron chi connectivity index (χ4n) is 1.58. The van der Waals surface area contributed by atoms with E-state index in [1.54, 1.807) is 6.07 Å². The molecule has 8 heteroatoms. The van der Waals surface area contributed by atoms with Crippen molar-refractivity contribution in [3.8, 4) is 11.5 Å². The summed E-state index contributed by atoms with van der Waals surface area (Å²) in [6, 6.07) is 4.35. The average Bonchev–Trinajstić information content (AvgIpc) is 2.86. The number of nitrogens with two attached hydrogens (primary N) is 1. The molecule has 104 valence electrons. The number of H-pyrrole nitrogens is 1. The molecular weight excluding hydrogens is 280 g/mol. The predicted molar refractivity (Wildman–Crippen MR) is 77.1 cm³/mol. The molecule has 0 radical (unpaired) electrons. The number of benzene rings is 1. The van der Waals surface area contributed by atoms with Crippen LogP contribution in [0.25, 0.3) is 0 Å². The summed E-state index contributed by atoms with van der Waals surface area (Å²) in [5.74, 6) is 0.00674. The molecule has 0 saturated heterocycles. The third-order valence-electron chi connectivity index (χ3n) is 2.59. The minimum atomic E-state index is -0.521. The second-order valence-electron chi connectivity index (χ2n) is 3.86. The van der Waals surface area contributed by atoms with E-state index in [0.717, 1.165) is 0 Å². The van der Waals surface area contributed by atoms with Crippen LogP contribution in [-0.2, 0) is 0 Å². The summed E-state index contributed by atoms with van der Waals surface area (Å²) in [5, 5.41) is 18.6. The Morgan fingerprint density at radius 3 is 2.85 bits per heavy atom. The van der Waals surface area contributed by atoms with Gasteiger partial charge in [0.05, 0.1) is 24.4 Å². The number of nitrogens with zero attached hydrogens (tertiary/aromatic N) is 1. The number of hydrogen-bond acceptors (Lipinski definition) is 5. The lowest BCUT2D eigenvalue weighted by Gasteiger charge is -2.08. The molecule has 0 aliphatic rings. The Kier molecular flexibility index (Phi) is 3.85. The summed E-state index contributed by atoms with van der Waals surface area (Å²) >= 11 is 4.83. The van der Waals surface area contributed by atoms with E-state index in [1.807, 2.05) is 0 Å². The number of phenols is 1. The second-order valence-corrected chi connectivity index (χ2v) is 4.30. The molecule has 7 nitrogen and oxygen atoms in total. The van der Waals surface area contributed by atoms with Crippen LogP contribution < -0.4 is 15.8 Å². The Balaban J connectivity index is 2.24. The van der Waals surface area contributed by atoms with Crippen LogP contribution in [0.15, 0.2) is 24.4 Å². The summed E-state index contributed by atoms with van der Waals surface area (Å²) < 4.78 is 4.94. The minimum Gasteiger partial charge on any atom is -0.507 e. The lowest BCUT2D eigenvalue weighted by atomic mass is 10.1. The maximum absolute atomic E-state index is 12.1. The summed E-state index contributed by atoms with van der Waals surface area (Å²) in [7, 11) is 1.47. The minimum absolute atomic E-state index is 0.0919. The van der Waals surface area contributed by atoms with E-state index in [9.17, 15) is 9.90 Å². The van der Waals surface area contributed by atoms with Crippen LogP contribution in [0.3, 0.4) is 0 Å². The molecule has 0 bridgehead atoms. The summed E-state index contributed by atoms with van der Waals surface area (Å²) in [6.07, 6.45) is 1.41. The van der Waals surface area contributed by atoms with E-state index < -0.39 is 5.91 Å². The predicted octanol–water partition coefficient (Wildman–Crippen LogP) is 1.01. The first-order valence-corrected chi connectivity index (χ1v) is 5.95. The van der Waals surface area contributed by atoms with Gasteiger partial charge in [0.25, 0.3) is 5.91 Å². The fourth-order valence-corrected chi connectivity index (χ4v) is 1.73. The standard InChI is InChI=1S/C12H12N4O3S/c1-19-6-2-3-7(9(17)4-6)12(18)15-11-8(10(13)20)5-14-16-11/h2-5,17H,1H3,(H2,13,20)(H2,14,15,16,18). The molecule has 0 saturated carbocycles. The van der Waals surface area contributed by atoms with Gasteiger partial charge in [-0.15, -0.1) is 0 Å². The van der Waals surface area contributed by atoms with E-state index in [-0.39, 0.29) is 22.1 Å². The van der Waals surface area contributed by atoms with Gasteiger partial charge in [0.15, 0.2) is 0 Å². The first-order valence-electron chi connectivity index (χ1n) is 5.54. The SMILES string of the molecule is COc1ccc(C(=O)Nc2[nH]ncc2C(N)=S)c(O)c1. The third-order valence-corrected chi connectivity index (χ3v) is 2.81. The van der Waals surface area contributed by atoms with Crippen molar-refractivity contribution in [1.82, 2.24) is 10.2 Å². The Hall–Kier alpha value is -2.61. The number of carbonyl (C=O) groups is 1. The lowest BCUT2D eigenvalue weighted by molar-refractivity contribution is 0.102. The van der Waals surface area contributed by atoms with Crippen molar-refractivity contribution in [1.29, 1.82) is 0 Å². The molecule has 1 amide bonds. The zero-order chi connectivity index (χ0) is 14.7. The van der Waals surface area contributed by atoms with Gasteiger partial charge in [-0.3, -0.25) is 9.89 Å². The molecule has 1 aromatic heterocycles. The van der Waals surface area contributed by atoms with Gasteiger partial charge in [0, 0.05) is 6.07 Å². The Morgan fingerprint density at radius 1 is 1.50 bits per heavy atom. The molecule has 2 aromatic rings. The number of aromatic nitrogens is 2. The summed E-state index contributed by atoms with van der Waals surface area (Å²) in [5.41, 5.74) is 6.01. The number of aromatic amines is 1. The van der Waals surface area contributed by atoms with E-state index in [4.69, 9.17) is 22.7 Å². The van der Waals surface area contributed by atoms with Crippen molar-refractivity contribution in [3.05, 3.63) is 35.5 Å². The van der Waals surface area contributed by atoms with Crippen LogP contribution >= 0.6 is 12.2 Å². The van der Waals surface area contributed by atoms with Gasteiger partial charge in [0.1, 0.15) is 22.3 Å². The number of aromatic hydroxyl groups is 1. The monoisotopic (exact) mass is 292 g/mol. The molecule has 0 fully saturated rings. The smallest absolute Gasteiger partial charge is 0.260 e. The van der Waals surface area contributed by atoms with E-state index in [1.165, 1.54) is 25.4 Å². The van der Waals surface area contributed by atoms with Crippen molar-refractivity contribution in [2.24, 2.45) is 5.73 Å². The number of rotatable bonds is 4. The molecule has 1 heterocycles.